The second kappa shape index (κ2) is 9.13. The minimum absolute atomic E-state index is 0.966. The Bertz CT molecular complexity index is 717. The van der Waals surface area contributed by atoms with Crippen molar-refractivity contribution in [2.75, 3.05) is 44.2 Å². The Hall–Kier alpha value is -1.50. The highest BCUT2D eigenvalue weighted by molar-refractivity contribution is 7.10. The van der Waals surface area contributed by atoms with Gasteiger partial charge < -0.3 is 4.90 Å². The lowest BCUT2D eigenvalue weighted by Gasteiger charge is -2.35. The molecule has 2 aromatic rings. The van der Waals surface area contributed by atoms with E-state index >= 15 is 0 Å². The molecule has 5 nitrogen and oxygen atoms in total. The Morgan fingerprint density at radius 2 is 1.67 bits per heavy atom. The number of piperidine rings is 1. The van der Waals surface area contributed by atoms with Gasteiger partial charge in [0.25, 0.3) is 0 Å². The van der Waals surface area contributed by atoms with E-state index in [9.17, 15) is 0 Å². The smallest absolute Gasteiger partial charge is 0.132 e. The monoisotopic (exact) mass is 385 g/mol. The molecule has 2 aliphatic heterocycles. The van der Waals surface area contributed by atoms with Gasteiger partial charge in [0, 0.05) is 55.9 Å². The standard InChI is InChI=1S/C21H31N5S/c1-2-19-13-21(23-17-22-19)26-10-8-25(9-11-26)15-20-12-18(16-27-20)14-24-6-4-3-5-7-24/h12-13,16-17H,2-11,14-15H2,1H3. The van der Waals surface area contributed by atoms with Crippen molar-refractivity contribution in [2.24, 2.45) is 0 Å². The van der Waals surface area contributed by atoms with Crippen LogP contribution in [0.3, 0.4) is 0 Å². The van der Waals surface area contributed by atoms with Gasteiger partial charge in [0.15, 0.2) is 0 Å². The molecule has 2 aliphatic rings. The molecule has 0 atom stereocenters. The Morgan fingerprint density at radius 3 is 2.44 bits per heavy atom. The van der Waals surface area contributed by atoms with Crippen LogP contribution in [0, 0.1) is 0 Å². The lowest BCUT2D eigenvalue weighted by Crippen LogP contribution is -2.46. The number of piperazine rings is 1. The van der Waals surface area contributed by atoms with Crippen molar-refractivity contribution < 1.29 is 0 Å². The van der Waals surface area contributed by atoms with Crippen molar-refractivity contribution in [3.05, 3.63) is 40.0 Å². The molecule has 0 radical (unpaired) electrons. The minimum Gasteiger partial charge on any atom is -0.354 e. The molecule has 146 valence electrons. The molecule has 0 unspecified atom stereocenters. The summed E-state index contributed by atoms with van der Waals surface area (Å²) < 4.78 is 0. The van der Waals surface area contributed by atoms with Crippen LogP contribution < -0.4 is 4.90 Å². The van der Waals surface area contributed by atoms with Crippen molar-refractivity contribution in [3.63, 3.8) is 0 Å². The van der Waals surface area contributed by atoms with E-state index in [1.54, 1.807) is 6.33 Å². The van der Waals surface area contributed by atoms with Crippen LogP contribution in [0.15, 0.2) is 23.8 Å². The van der Waals surface area contributed by atoms with E-state index in [1.807, 2.05) is 11.3 Å². The summed E-state index contributed by atoms with van der Waals surface area (Å²) in [5, 5.41) is 2.37. The molecule has 27 heavy (non-hydrogen) atoms. The molecular formula is C21H31N5S. The van der Waals surface area contributed by atoms with E-state index in [2.05, 4.69) is 49.1 Å². The number of hydrogen-bond donors (Lipinski definition) is 0. The summed E-state index contributed by atoms with van der Waals surface area (Å²) in [5.41, 5.74) is 2.63. The SMILES string of the molecule is CCc1cc(N2CCN(Cc3cc(CN4CCCCC4)cs3)CC2)ncn1. The summed E-state index contributed by atoms with van der Waals surface area (Å²) in [6.45, 7) is 11.2. The third-order valence-electron chi connectivity index (χ3n) is 5.71. The molecule has 2 saturated heterocycles. The molecule has 0 saturated carbocycles. The fourth-order valence-electron chi connectivity index (χ4n) is 4.08. The van der Waals surface area contributed by atoms with Crippen LogP contribution in [0.25, 0.3) is 0 Å². The number of nitrogens with zero attached hydrogens (tertiary/aromatic N) is 5. The number of thiophene rings is 1. The van der Waals surface area contributed by atoms with Gasteiger partial charge in [-0.15, -0.1) is 11.3 Å². The van der Waals surface area contributed by atoms with E-state index < -0.39 is 0 Å². The Morgan fingerprint density at radius 1 is 0.889 bits per heavy atom. The third kappa shape index (κ3) is 5.06. The second-order valence-electron chi connectivity index (χ2n) is 7.74. The van der Waals surface area contributed by atoms with Crippen LogP contribution in [0.2, 0.25) is 0 Å². The first-order chi connectivity index (χ1) is 13.3. The lowest BCUT2D eigenvalue weighted by atomic mass is 10.1. The molecule has 0 spiro atoms. The van der Waals surface area contributed by atoms with E-state index in [0.717, 1.165) is 57.2 Å². The van der Waals surface area contributed by atoms with E-state index in [0.29, 0.717) is 0 Å². The zero-order valence-electron chi connectivity index (χ0n) is 16.4. The Kier molecular flexibility index (Phi) is 6.37. The van der Waals surface area contributed by atoms with Crippen molar-refractivity contribution in [3.8, 4) is 0 Å². The molecule has 0 bridgehead atoms. The number of aryl methyl sites for hydroxylation is 1. The molecule has 0 amide bonds. The van der Waals surface area contributed by atoms with Crippen LogP contribution in [0.4, 0.5) is 5.82 Å². The summed E-state index contributed by atoms with van der Waals surface area (Å²) in [7, 11) is 0. The number of likely N-dealkylation sites (tertiary alicyclic amines) is 1. The quantitative estimate of drug-likeness (QED) is 0.761. The van der Waals surface area contributed by atoms with Gasteiger partial charge in [-0.25, -0.2) is 9.97 Å². The van der Waals surface area contributed by atoms with Crippen LogP contribution in [0.1, 0.15) is 42.3 Å². The number of anilines is 1. The summed E-state index contributed by atoms with van der Waals surface area (Å²) in [6.07, 6.45) is 6.82. The minimum atomic E-state index is 0.966. The first-order valence-electron chi connectivity index (χ1n) is 10.4. The first-order valence-corrected chi connectivity index (χ1v) is 11.2. The average molecular weight is 386 g/mol. The summed E-state index contributed by atoms with van der Waals surface area (Å²) in [5.74, 6) is 1.08. The molecule has 0 aliphatic carbocycles. The predicted molar refractivity (Wildman–Crippen MR) is 112 cm³/mol. The number of aromatic nitrogens is 2. The van der Waals surface area contributed by atoms with Crippen molar-refractivity contribution in [1.82, 2.24) is 19.8 Å². The molecule has 4 heterocycles. The van der Waals surface area contributed by atoms with E-state index in [-0.39, 0.29) is 0 Å². The van der Waals surface area contributed by atoms with E-state index in [1.165, 1.54) is 42.8 Å². The van der Waals surface area contributed by atoms with Gasteiger partial charge in [-0.05, 0) is 49.4 Å². The third-order valence-corrected chi connectivity index (χ3v) is 6.68. The topological polar surface area (TPSA) is 35.5 Å². The van der Waals surface area contributed by atoms with Gasteiger partial charge in [-0.2, -0.15) is 0 Å². The molecule has 0 N–H and O–H groups in total. The fourth-order valence-corrected chi connectivity index (χ4v) is 5.00. The second-order valence-corrected chi connectivity index (χ2v) is 8.74. The highest BCUT2D eigenvalue weighted by atomic mass is 32.1. The van der Waals surface area contributed by atoms with E-state index in [4.69, 9.17) is 0 Å². The highest BCUT2D eigenvalue weighted by Gasteiger charge is 2.19. The Labute approximate surface area is 167 Å². The van der Waals surface area contributed by atoms with Crippen LogP contribution >= 0.6 is 11.3 Å². The number of rotatable bonds is 6. The predicted octanol–water partition coefficient (Wildman–Crippen LogP) is 3.41. The van der Waals surface area contributed by atoms with Crippen molar-refractivity contribution in [2.45, 2.75) is 45.7 Å². The molecule has 0 aromatic carbocycles. The largest absolute Gasteiger partial charge is 0.354 e. The van der Waals surface area contributed by atoms with Crippen LogP contribution in [-0.4, -0.2) is 59.0 Å². The zero-order valence-corrected chi connectivity index (χ0v) is 17.3. The number of hydrogen-bond acceptors (Lipinski definition) is 6. The van der Waals surface area contributed by atoms with Crippen LogP contribution in [0.5, 0.6) is 0 Å². The summed E-state index contributed by atoms with van der Waals surface area (Å²) in [4.78, 5) is 17.9. The van der Waals surface area contributed by atoms with Gasteiger partial charge in [-0.1, -0.05) is 13.3 Å². The molecular weight excluding hydrogens is 354 g/mol. The maximum atomic E-state index is 4.47. The van der Waals surface area contributed by atoms with Gasteiger partial charge in [0.1, 0.15) is 12.1 Å². The fraction of sp³-hybridized carbons (Fsp3) is 0.619. The lowest BCUT2D eigenvalue weighted by molar-refractivity contribution is 0.221. The molecule has 6 heteroatoms. The van der Waals surface area contributed by atoms with Crippen molar-refractivity contribution in [1.29, 1.82) is 0 Å². The maximum absolute atomic E-state index is 4.47. The van der Waals surface area contributed by atoms with Gasteiger partial charge >= 0.3 is 0 Å². The maximum Gasteiger partial charge on any atom is 0.132 e. The Balaban J connectivity index is 1.26. The van der Waals surface area contributed by atoms with Gasteiger partial charge in [-0.3, -0.25) is 9.80 Å². The van der Waals surface area contributed by atoms with Gasteiger partial charge in [0.2, 0.25) is 0 Å². The molecule has 4 rings (SSSR count). The average Bonchev–Trinajstić information content (AvgIpc) is 3.16. The summed E-state index contributed by atoms with van der Waals surface area (Å²) in [6, 6.07) is 4.57. The molecule has 2 fully saturated rings. The summed E-state index contributed by atoms with van der Waals surface area (Å²) >= 11 is 1.93. The van der Waals surface area contributed by atoms with Crippen molar-refractivity contribution >= 4 is 17.2 Å². The molecule has 2 aromatic heterocycles. The zero-order chi connectivity index (χ0) is 18.5. The first kappa shape index (κ1) is 18.8. The van der Waals surface area contributed by atoms with Gasteiger partial charge in [0.05, 0.1) is 0 Å². The normalized spacial score (nSPS) is 19.5. The highest BCUT2D eigenvalue weighted by Crippen LogP contribution is 2.21. The van der Waals surface area contributed by atoms with Crippen LogP contribution in [-0.2, 0) is 19.5 Å².